The summed E-state index contributed by atoms with van der Waals surface area (Å²) in [6, 6.07) is 0. The SMILES string of the molecule is CCC(C(=O)NCCc1cnc[nH]1)C(OC=O)C(C)OC.CCC1C(=O)N(CCc2cnc[nH]2)C(=O)C1C(C)OC.O. The van der Waals surface area contributed by atoms with Gasteiger partial charge in [-0.2, -0.15) is 0 Å². The molecule has 42 heavy (non-hydrogen) atoms. The normalized spacial score (nSPS) is 19.1. The molecule has 3 amide bonds. The molecule has 0 saturated carbocycles. The Labute approximate surface area is 246 Å². The van der Waals surface area contributed by atoms with Crippen molar-refractivity contribution >= 4 is 24.2 Å². The highest BCUT2D eigenvalue weighted by Gasteiger charge is 2.48. The highest BCUT2D eigenvalue weighted by Crippen LogP contribution is 2.32. The maximum Gasteiger partial charge on any atom is 0.293 e. The van der Waals surface area contributed by atoms with E-state index in [-0.39, 0.29) is 47.2 Å². The van der Waals surface area contributed by atoms with Crippen LogP contribution in [0.15, 0.2) is 25.0 Å². The van der Waals surface area contributed by atoms with Gasteiger partial charge in [0.1, 0.15) is 6.10 Å². The molecule has 0 radical (unpaired) electrons. The second-order valence-corrected chi connectivity index (χ2v) is 9.91. The van der Waals surface area contributed by atoms with E-state index in [0.717, 1.165) is 11.4 Å². The first-order valence-corrected chi connectivity index (χ1v) is 14.0. The van der Waals surface area contributed by atoms with Crippen LogP contribution < -0.4 is 5.32 Å². The van der Waals surface area contributed by atoms with Gasteiger partial charge in [-0.15, -0.1) is 0 Å². The minimum Gasteiger partial charge on any atom is -0.461 e. The molecule has 3 heterocycles. The fraction of sp³-hybridized carbons (Fsp3) is 0.643. The Kier molecular flexibility index (Phi) is 16.2. The summed E-state index contributed by atoms with van der Waals surface area (Å²) in [7, 11) is 3.09. The number of rotatable bonds is 16. The molecule has 1 fully saturated rings. The van der Waals surface area contributed by atoms with Gasteiger partial charge in [-0.05, 0) is 26.7 Å². The second kappa shape index (κ2) is 18.7. The molecule has 14 nitrogen and oxygen atoms in total. The van der Waals surface area contributed by atoms with Gasteiger partial charge >= 0.3 is 0 Å². The number of hydrogen-bond acceptors (Lipinski definition) is 9. The Bertz CT molecular complexity index is 1060. The van der Waals surface area contributed by atoms with Crippen molar-refractivity contribution in [1.82, 2.24) is 30.2 Å². The van der Waals surface area contributed by atoms with Gasteiger partial charge in [0.2, 0.25) is 17.7 Å². The molecule has 0 spiro atoms. The number of nitrogens with one attached hydrogen (secondary N) is 3. The van der Waals surface area contributed by atoms with Gasteiger partial charge in [0, 0.05) is 63.9 Å². The third kappa shape index (κ3) is 9.74. The largest absolute Gasteiger partial charge is 0.461 e. The summed E-state index contributed by atoms with van der Waals surface area (Å²) in [5.74, 6) is -1.40. The van der Waals surface area contributed by atoms with E-state index in [4.69, 9.17) is 14.2 Å². The molecule has 1 aliphatic rings. The standard InChI is InChI=1S/C14H23N3O4.C14H21N3O3.H2O/c1-4-12(13(21-9-18)10(2)20-3)14(19)16-6-5-11-7-15-8-17-11;1-4-11-12(9(2)20-3)14(19)17(13(11)18)6-5-10-7-15-8-16-10;/h7-10,12-13H,4-6H2,1-3H3,(H,15,17)(H,16,19);7-9,11-12H,4-6H2,1-3H3,(H,15,16);1H2. The van der Waals surface area contributed by atoms with Crippen LogP contribution in [0.1, 0.15) is 51.9 Å². The van der Waals surface area contributed by atoms with Crippen LogP contribution >= 0.6 is 0 Å². The van der Waals surface area contributed by atoms with Gasteiger partial charge in [-0.3, -0.25) is 24.1 Å². The number of likely N-dealkylation sites (tertiary alicyclic amines) is 1. The van der Waals surface area contributed by atoms with Gasteiger partial charge in [0.15, 0.2) is 0 Å². The molecule has 2 aromatic rings. The Balaban J connectivity index is 0.000000410. The van der Waals surface area contributed by atoms with Crippen molar-refractivity contribution in [2.75, 3.05) is 27.3 Å². The molecule has 5 N–H and O–H groups in total. The Hall–Kier alpha value is -3.62. The molecule has 14 heteroatoms. The van der Waals surface area contributed by atoms with Crippen molar-refractivity contribution in [2.24, 2.45) is 17.8 Å². The average molecular weight is 595 g/mol. The van der Waals surface area contributed by atoms with E-state index >= 15 is 0 Å². The lowest BCUT2D eigenvalue weighted by molar-refractivity contribution is -0.150. The lowest BCUT2D eigenvalue weighted by Gasteiger charge is -2.28. The van der Waals surface area contributed by atoms with E-state index in [0.29, 0.717) is 45.2 Å². The van der Waals surface area contributed by atoms with E-state index in [2.05, 4.69) is 25.3 Å². The third-order valence-electron chi connectivity index (χ3n) is 7.51. The van der Waals surface area contributed by atoms with Gasteiger partial charge in [0.25, 0.3) is 6.47 Å². The monoisotopic (exact) mass is 594 g/mol. The molecule has 6 unspecified atom stereocenters. The van der Waals surface area contributed by atoms with E-state index in [1.165, 1.54) is 12.0 Å². The van der Waals surface area contributed by atoms with Crippen LogP contribution in [-0.4, -0.2) is 100 Å². The van der Waals surface area contributed by atoms with Crippen molar-refractivity contribution in [3.05, 3.63) is 36.4 Å². The van der Waals surface area contributed by atoms with E-state index in [1.807, 2.05) is 20.8 Å². The van der Waals surface area contributed by atoms with Gasteiger partial charge in [-0.25, -0.2) is 9.97 Å². The molecule has 0 aliphatic carbocycles. The lowest BCUT2D eigenvalue weighted by Crippen LogP contribution is -2.44. The Morgan fingerprint density at radius 2 is 1.67 bits per heavy atom. The minimum absolute atomic E-state index is 0. The van der Waals surface area contributed by atoms with Crippen molar-refractivity contribution in [3.63, 3.8) is 0 Å². The molecule has 0 bridgehead atoms. The number of imide groups is 1. The highest BCUT2D eigenvalue weighted by atomic mass is 16.6. The van der Waals surface area contributed by atoms with Crippen molar-refractivity contribution in [3.8, 4) is 0 Å². The number of H-pyrrole nitrogens is 2. The first kappa shape index (κ1) is 36.4. The zero-order chi connectivity index (χ0) is 30.4. The van der Waals surface area contributed by atoms with E-state index in [1.54, 1.807) is 39.1 Å². The second-order valence-electron chi connectivity index (χ2n) is 9.91. The quantitative estimate of drug-likeness (QED) is 0.186. The maximum atomic E-state index is 12.4. The lowest BCUT2D eigenvalue weighted by atomic mass is 9.88. The summed E-state index contributed by atoms with van der Waals surface area (Å²) in [6.45, 7) is 8.68. The number of nitrogens with zero attached hydrogens (tertiary/aromatic N) is 3. The van der Waals surface area contributed by atoms with Crippen LogP contribution in [-0.2, 0) is 46.2 Å². The van der Waals surface area contributed by atoms with Gasteiger partial charge in [0.05, 0.1) is 42.6 Å². The van der Waals surface area contributed by atoms with Crippen LogP contribution in [0.4, 0.5) is 0 Å². The van der Waals surface area contributed by atoms with Crippen molar-refractivity contribution < 1.29 is 38.9 Å². The fourth-order valence-electron chi connectivity index (χ4n) is 4.96. The topological polar surface area (TPSA) is 200 Å². The fourth-order valence-corrected chi connectivity index (χ4v) is 4.96. The molecule has 0 aromatic carbocycles. The summed E-state index contributed by atoms with van der Waals surface area (Å²) in [6.07, 6.45) is 7.91. The molecule has 6 atom stereocenters. The summed E-state index contributed by atoms with van der Waals surface area (Å²) in [4.78, 5) is 62.8. The molecule has 3 rings (SSSR count). The Morgan fingerprint density at radius 1 is 1.05 bits per heavy atom. The Morgan fingerprint density at radius 3 is 2.14 bits per heavy atom. The van der Waals surface area contributed by atoms with Crippen LogP contribution in [0.2, 0.25) is 0 Å². The average Bonchev–Trinajstić information content (AvgIpc) is 3.73. The summed E-state index contributed by atoms with van der Waals surface area (Å²) < 4.78 is 15.5. The predicted octanol–water partition coefficient (Wildman–Crippen LogP) is 0.845. The number of methoxy groups -OCH3 is 2. The molecular formula is C28H46N6O8. The van der Waals surface area contributed by atoms with Crippen LogP contribution in [0.25, 0.3) is 0 Å². The zero-order valence-electron chi connectivity index (χ0n) is 25.3. The summed E-state index contributed by atoms with van der Waals surface area (Å²) in [5, 5.41) is 2.85. The van der Waals surface area contributed by atoms with E-state index < -0.39 is 12.0 Å². The number of ether oxygens (including phenoxy) is 3. The summed E-state index contributed by atoms with van der Waals surface area (Å²) in [5.41, 5.74) is 1.87. The number of carbonyl (C=O) groups excluding carboxylic acids is 4. The summed E-state index contributed by atoms with van der Waals surface area (Å²) >= 11 is 0. The molecule has 1 aliphatic heterocycles. The van der Waals surface area contributed by atoms with Crippen molar-refractivity contribution in [1.29, 1.82) is 0 Å². The smallest absolute Gasteiger partial charge is 0.293 e. The van der Waals surface area contributed by atoms with Crippen LogP contribution in [0, 0.1) is 17.8 Å². The number of imidazole rings is 2. The number of carbonyl (C=O) groups is 4. The third-order valence-corrected chi connectivity index (χ3v) is 7.51. The number of aromatic nitrogens is 4. The van der Waals surface area contributed by atoms with E-state index in [9.17, 15) is 19.2 Å². The predicted molar refractivity (Wildman–Crippen MR) is 153 cm³/mol. The van der Waals surface area contributed by atoms with Gasteiger partial charge < -0.3 is 35.0 Å². The molecule has 1 saturated heterocycles. The molecular weight excluding hydrogens is 548 g/mol. The molecule has 2 aromatic heterocycles. The zero-order valence-corrected chi connectivity index (χ0v) is 25.3. The van der Waals surface area contributed by atoms with Crippen LogP contribution in [0.3, 0.4) is 0 Å². The molecule has 236 valence electrons. The van der Waals surface area contributed by atoms with Crippen LogP contribution in [0.5, 0.6) is 0 Å². The minimum atomic E-state index is -0.593. The first-order chi connectivity index (χ1) is 19.7. The highest BCUT2D eigenvalue weighted by molar-refractivity contribution is 6.05. The number of aromatic amines is 2. The first-order valence-electron chi connectivity index (χ1n) is 14.0. The number of amides is 3. The number of hydrogen-bond donors (Lipinski definition) is 3. The maximum absolute atomic E-state index is 12.4. The van der Waals surface area contributed by atoms with Gasteiger partial charge in [-0.1, -0.05) is 13.8 Å². The van der Waals surface area contributed by atoms with Crippen molar-refractivity contribution in [2.45, 2.75) is 71.7 Å².